The van der Waals surface area contributed by atoms with E-state index >= 15 is 0 Å². The maximum atomic E-state index is 4.42. The lowest BCUT2D eigenvalue weighted by atomic mass is 9.92. The SMILES string of the molecule is CCCn1ncnc1CC(CNCC(C)C)C(C)C. The van der Waals surface area contributed by atoms with E-state index in [-0.39, 0.29) is 0 Å². The molecular weight excluding hydrogens is 236 g/mol. The minimum absolute atomic E-state index is 0.624. The summed E-state index contributed by atoms with van der Waals surface area (Å²) in [6.07, 6.45) is 3.81. The van der Waals surface area contributed by atoms with E-state index in [1.807, 2.05) is 0 Å². The fourth-order valence-electron chi connectivity index (χ4n) is 2.18. The minimum Gasteiger partial charge on any atom is -0.316 e. The van der Waals surface area contributed by atoms with E-state index in [0.29, 0.717) is 17.8 Å². The standard InChI is InChI=1S/C15H30N4/c1-6-7-19-15(17-11-18-19)8-14(13(4)5)10-16-9-12(2)3/h11-14,16H,6-10H2,1-5H3. The Labute approximate surface area is 118 Å². The van der Waals surface area contributed by atoms with Gasteiger partial charge in [-0.05, 0) is 37.3 Å². The topological polar surface area (TPSA) is 42.7 Å². The van der Waals surface area contributed by atoms with Crippen molar-refractivity contribution in [3.05, 3.63) is 12.2 Å². The number of nitrogens with zero attached hydrogens (tertiary/aromatic N) is 3. The van der Waals surface area contributed by atoms with Gasteiger partial charge in [-0.15, -0.1) is 0 Å². The van der Waals surface area contributed by atoms with Gasteiger partial charge in [-0.1, -0.05) is 34.6 Å². The lowest BCUT2D eigenvalue weighted by Gasteiger charge is -2.22. The van der Waals surface area contributed by atoms with E-state index in [1.165, 1.54) is 0 Å². The molecule has 0 bridgehead atoms. The van der Waals surface area contributed by atoms with Crippen LogP contribution in [0.25, 0.3) is 0 Å². The zero-order valence-electron chi connectivity index (χ0n) is 13.2. The predicted octanol–water partition coefficient (Wildman–Crippen LogP) is 2.75. The number of aromatic nitrogens is 3. The summed E-state index contributed by atoms with van der Waals surface area (Å²) in [5.74, 6) is 3.12. The molecular formula is C15H30N4. The van der Waals surface area contributed by atoms with Gasteiger partial charge in [0.05, 0.1) is 0 Å². The van der Waals surface area contributed by atoms with Gasteiger partial charge in [-0.25, -0.2) is 4.98 Å². The molecule has 1 aromatic rings. The van der Waals surface area contributed by atoms with E-state index < -0.39 is 0 Å². The summed E-state index contributed by atoms with van der Waals surface area (Å²) >= 11 is 0. The molecule has 0 aliphatic rings. The van der Waals surface area contributed by atoms with Gasteiger partial charge in [0, 0.05) is 13.0 Å². The molecule has 1 heterocycles. The van der Waals surface area contributed by atoms with Gasteiger partial charge < -0.3 is 5.32 Å². The van der Waals surface area contributed by atoms with Crippen molar-refractivity contribution in [1.29, 1.82) is 0 Å². The highest BCUT2D eigenvalue weighted by Gasteiger charge is 2.17. The lowest BCUT2D eigenvalue weighted by Crippen LogP contribution is -2.31. The van der Waals surface area contributed by atoms with Crippen LogP contribution >= 0.6 is 0 Å². The third kappa shape index (κ3) is 5.72. The summed E-state index contributed by atoms with van der Waals surface area (Å²) in [6, 6.07) is 0. The zero-order valence-corrected chi connectivity index (χ0v) is 13.2. The summed E-state index contributed by atoms with van der Waals surface area (Å²) in [5.41, 5.74) is 0. The molecule has 0 aromatic carbocycles. The van der Waals surface area contributed by atoms with Crippen LogP contribution in [0, 0.1) is 17.8 Å². The van der Waals surface area contributed by atoms with Gasteiger partial charge in [-0.2, -0.15) is 5.10 Å². The van der Waals surface area contributed by atoms with Crippen LogP contribution in [0.3, 0.4) is 0 Å². The van der Waals surface area contributed by atoms with Crippen molar-refractivity contribution in [2.24, 2.45) is 17.8 Å². The first-order valence-electron chi connectivity index (χ1n) is 7.62. The van der Waals surface area contributed by atoms with Crippen LogP contribution in [0.2, 0.25) is 0 Å². The van der Waals surface area contributed by atoms with Crippen LogP contribution in [0.1, 0.15) is 46.9 Å². The van der Waals surface area contributed by atoms with E-state index in [9.17, 15) is 0 Å². The zero-order chi connectivity index (χ0) is 14.3. The summed E-state index contributed by atoms with van der Waals surface area (Å²) < 4.78 is 2.05. The van der Waals surface area contributed by atoms with Gasteiger partial charge >= 0.3 is 0 Å². The molecule has 1 rings (SSSR count). The first-order chi connectivity index (χ1) is 9.04. The van der Waals surface area contributed by atoms with E-state index in [1.54, 1.807) is 6.33 Å². The normalized spacial score (nSPS) is 13.4. The molecule has 0 saturated carbocycles. The largest absolute Gasteiger partial charge is 0.316 e. The lowest BCUT2D eigenvalue weighted by molar-refractivity contribution is 0.341. The third-order valence-electron chi connectivity index (χ3n) is 3.48. The van der Waals surface area contributed by atoms with Crippen LogP contribution in [-0.2, 0) is 13.0 Å². The molecule has 0 aliphatic carbocycles. The number of rotatable bonds is 9. The molecule has 1 aromatic heterocycles. The minimum atomic E-state index is 0.624. The fraction of sp³-hybridized carbons (Fsp3) is 0.867. The van der Waals surface area contributed by atoms with Gasteiger partial charge in [0.15, 0.2) is 0 Å². The van der Waals surface area contributed by atoms with Gasteiger partial charge in [0.25, 0.3) is 0 Å². The Morgan fingerprint density at radius 1 is 1.21 bits per heavy atom. The number of nitrogens with one attached hydrogen (secondary N) is 1. The Morgan fingerprint density at radius 2 is 1.95 bits per heavy atom. The van der Waals surface area contributed by atoms with Crippen LogP contribution in [0.5, 0.6) is 0 Å². The molecule has 4 nitrogen and oxygen atoms in total. The summed E-state index contributed by atoms with van der Waals surface area (Å²) in [6.45, 7) is 14.4. The number of aryl methyl sites for hydroxylation is 1. The highest BCUT2D eigenvalue weighted by atomic mass is 15.3. The Balaban J connectivity index is 2.54. The molecule has 1 unspecified atom stereocenters. The molecule has 0 saturated heterocycles. The highest BCUT2D eigenvalue weighted by molar-refractivity contribution is 4.89. The van der Waals surface area contributed by atoms with Crippen molar-refractivity contribution in [3.8, 4) is 0 Å². The van der Waals surface area contributed by atoms with E-state index in [2.05, 4.69) is 54.7 Å². The molecule has 110 valence electrons. The first kappa shape index (κ1) is 16.2. The number of hydrogen-bond acceptors (Lipinski definition) is 3. The summed E-state index contributed by atoms with van der Waals surface area (Å²) in [7, 11) is 0. The molecule has 0 radical (unpaired) electrons. The molecule has 0 amide bonds. The average molecular weight is 266 g/mol. The molecule has 1 atom stereocenters. The Bertz CT molecular complexity index is 344. The van der Waals surface area contributed by atoms with Gasteiger partial charge in [0.2, 0.25) is 0 Å². The third-order valence-corrected chi connectivity index (χ3v) is 3.48. The Kier molecular flexibility index (Phi) is 7.06. The maximum absolute atomic E-state index is 4.42. The Hall–Kier alpha value is -0.900. The monoisotopic (exact) mass is 266 g/mol. The second kappa shape index (κ2) is 8.31. The van der Waals surface area contributed by atoms with Crippen molar-refractivity contribution in [3.63, 3.8) is 0 Å². The fourth-order valence-corrected chi connectivity index (χ4v) is 2.18. The van der Waals surface area contributed by atoms with E-state index in [4.69, 9.17) is 0 Å². The quantitative estimate of drug-likeness (QED) is 0.747. The van der Waals surface area contributed by atoms with Crippen molar-refractivity contribution in [2.45, 2.75) is 54.0 Å². The molecule has 19 heavy (non-hydrogen) atoms. The van der Waals surface area contributed by atoms with E-state index in [0.717, 1.165) is 38.3 Å². The molecule has 1 N–H and O–H groups in total. The van der Waals surface area contributed by atoms with Crippen molar-refractivity contribution in [2.75, 3.05) is 13.1 Å². The molecule has 0 aliphatic heterocycles. The summed E-state index contributed by atoms with van der Waals surface area (Å²) in [4.78, 5) is 4.42. The predicted molar refractivity (Wildman–Crippen MR) is 80.1 cm³/mol. The molecule has 4 heteroatoms. The highest BCUT2D eigenvalue weighted by Crippen LogP contribution is 2.15. The van der Waals surface area contributed by atoms with Crippen LogP contribution < -0.4 is 5.32 Å². The first-order valence-corrected chi connectivity index (χ1v) is 7.62. The maximum Gasteiger partial charge on any atom is 0.138 e. The average Bonchev–Trinajstić information content (AvgIpc) is 2.75. The van der Waals surface area contributed by atoms with Gasteiger partial charge in [0.1, 0.15) is 12.2 Å². The van der Waals surface area contributed by atoms with Crippen molar-refractivity contribution >= 4 is 0 Å². The second-order valence-electron chi connectivity index (χ2n) is 6.16. The molecule has 0 fully saturated rings. The van der Waals surface area contributed by atoms with Crippen LogP contribution in [0.4, 0.5) is 0 Å². The van der Waals surface area contributed by atoms with Gasteiger partial charge in [-0.3, -0.25) is 4.68 Å². The molecule has 0 spiro atoms. The number of hydrogen-bond donors (Lipinski definition) is 1. The van der Waals surface area contributed by atoms with Crippen molar-refractivity contribution in [1.82, 2.24) is 20.1 Å². The van der Waals surface area contributed by atoms with Crippen LogP contribution in [0.15, 0.2) is 6.33 Å². The second-order valence-corrected chi connectivity index (χ2v) is 6.16. The Morgan fingerprint density at radius 3 is 2.53 bits per heavy atom. The van der Waals surface area contributed by atoms with Crippen molar-refractivity contribution < 1.29 is 0 Å². The smallest absolute Gasteiger partial charge is 0.138 e. The van der Waals surface area contributed by atoms with Crippen LogP contribution in [-0.4, -0.2) is 27.9 Å². The summed E-state index contributed by atoms with van der Waals surface area (Å²) in [5, 5.41) is 7.88.